The quantitative estimate of drug-likeness (QED) is 0.169. The molecule has 0 aliphatic carbocycles. The molecule has 0 amide bonds. The summed E-state index contributed by atoms with van der Waals surface area (Å²) < 4.78 is 4.77. The molecule has 0 unspecified atom stereocenters. The van der Waals surface area contributed by atoms with Crippen molar-refractivity contribution in [3.63, 3.8) is 0 Å². The largest absolute Gasteiger partial charge is 0.309 e. The molecular formula is C51H30N6S. The molecule has 0 atom stereocenters. The molecule has 4 heterocycles. The van der Waals surface area contributed by atoms with E-state index in [9.17, 15) is 5.26 Å². The summed E-state index contributed by atoms with van der Waals surface area (Å²) >= 11 is 1.77. The molecule has 0 aliphatic rings. The number of hydrogen-bond donors (Lipinski definition) is 0. The van der Waals surface area contributed by atoms with Crippen molar-refractivity contribution < 1.29 is 0 Å². The van der Waals surface area contributed by atoms with Crippen molar-refractivity contribution in [3.8, 4) is 68.2 Å². The van der Waals surface area contributed by atoms with Gasteiger partial charge in [-0.15, -0.1) is 11.3 Å². The van der Waals surface area contributed by atoms with Gasteiger partial charge in [0.05, 0.1) is 27.4 Å². The monoisotopic (exact) mass is 758 g/mol. The second kappa shape index (κ2) is 13.7. The Hall–Kier alpha value is -7.79. The Morgan fingerprint density at radius 2 is 1.10 bits per heavy atom. The number of benzene rings is 7. The first kappa shape index (κ1) is 33.5. The highest BCUT2D eigenvalue weighted by Crippen LogP contribution is 2.43. The van der Waals surface area contributed by atoms with Gasteiger partial charge < -0.3 is 4.57 Å². The summed E-state index contributed by atoms with van der Waals surface area (Å²) in [7, 11) is 0. The zero-order chi connectivity index (χ0) is 38.6. The van der Waals surface area contributed by atoms with Gasteiger partial charge >= 0.3 is 0 Å². The van der Waals surface area contributed by atoms with Gasteiger partial charge in [-0.1, -0.05) is 127 Å². The third-order valence-corrected chi connectivity index (χ3v) is 12.0. The van der Waals surface area contributed by atoms with Crippen LogP contribution in [0.1, 0.15) is 5.56 Å². The number of hydrogen-bond acceptors (Lipinski definition) is 6. The summed E-state index contributed by atoms with van der Waals surface area (Å²) in [6.07, 6.45) is 3.85. The van der Waals surface area contributed by atoms with Crippen molar-refractivity contribution in [2.24, 2.45) is 0 Å². The smallest absolute Gasteiger partial charge is 0.164 e. The highest BCUT2D eigenvalue weighted by Gasteiger charge is 2.19. The molecule has 7 heteroatoms. The molecule has 11 aromatic rings. The first-order valence-electron chi connectivity index (χ1n) is 19.0. The maximum absolute atomic E-state index is 9.61. The van der Waals surface area contributed by atoms with Gasteiger partial charge in [-0.2, -0.15) is 5.26 Å². The van der Waals surface area contributed by atoms with Crippen LogP contribution in [0.2, 0.25) is 0 Å². The molecule has 11 rings (SSSR count). The lowest BCUT2D eigenvalue weighted by Crippen LogP contribution is -2.00. The van der Waals surface area contributed by atoms with Crippen LogP contribution >= 0.6 is 11.3 Å². The Kier molecular flexibility index (Phi) is 7.95. The molecule has 0 saturated heterocycles. The molecule has 0 N–H and O–H groups in total. The zero-order valence-electron chi connectivity index (χ0n) is 30.9. The number of para-hydroxylation sites is 1. The van der Waals surface area contributed by atoms with E-state index < -0.39 is 0 Å². The van der Waals surface area contributed by atoms with E-state index in [-0.39, 0.29) is 0 Å². The highest BCUT2D eigenvalue weighted by molar-refractivity contribution is 7.26. The average Bonchev–Trinajstić information content (AvgIpc) is 3.84. The van der Waals surface area contributed by atoms with E-state index in [0.717, 1.165) is 49.2 Å². The highest BCUT2D eigenvalue weighted by atomic mass is 32.1. The van der Waals surface area contributed by atoms with E-state index in [1.165, 1.54) is 37.4 Å². The summed E-state index contributed by atoms with van der Waals surface area (Å²) in [6.45, 7) is 0. The summed E-state index contributed by atoms with van der Waals surface area (Å²) in [5.74, 6) is 1.64. The zero-order valence-corrected chi connectivity index (χ0v) is 31.7. The van der Waals surface area contributed by atoms with Crippen LogP contribution in [0.25, 0.3) is 104 Å². The summed E-state index contributed by atoms with van der Waals surface area (Å²) in [5.41, 5.74) is 11.1. The molecular weight excluding hydrogens is 729 g/mol. The summed E-state index contributed by atoms with van der Waals surface area (Å²) in [5, 5.41) is 14.4. The van der Waals surface area contributed by atoms with Gasteiger partial charge in [0.25, 0.3) is 0 Å². The third kappa shape index (κ3) is 5.71. The van der Waals surface area contributed by atoms with Crippen molar-refractivity contribution in [2.75, 3.05) is 0 Å². The van der Waals surface area contributed by atoms with E-state index in [2.05, 4.69) is 131 Å². The molecule has 270 valence electrons. The molecule has 6 nitrogen and oxygen atoms in total. The second-order valence-corrected chi connectivity index (χ2v) is 15.3. The molecule has 0 bridgehead atoms. The number of aromatic nitrogens is 5. The van der Waals surface area contributed by atoms with Gasteiger partial charge in [0.1, 0.15) is 0 Å². The van der Waals surface area contributed by atoms with Crippen LogP contribution in [0.4, 0.5) is 0 Å². The van der Waals surface area contributed by atoms with Crippen LogP contribution in [-0.4, -0.2) is 24.5 Å². The van der Waals surface area contributed by atoms with E-state index >= 15 is 0 Å². The minimum absolute atomic E-state index is 0.514. The van der Waals surface area contributed by atoms with Crippen LogP contribution in [-0.2, 0) is 0 Å². The minimum atomic E-state index is 0.514. The lowest BCUT2D eigenvalue weighted by molar-refractivity contribution is 1.07. The van der Waals surface area contributed by atoms with Gasteiger partial charge in [-0.3, -0.25) is 4.98 Å². The summed E-state index contributed by atoms with van der Waals surface area (Å²) in [4.78, 5) is 19.3. The van der Waals surface area contributed by atoms with Gasteiger partial charge in [-0.05, 0) is 59.2 Å². The number of rotatable bonds is 6. The number of thiophene rings is 1. The van der Waals surface area contributed by atoms with E-state index in [4.69, 9.17) is 15.0 Å². The molecule has 0 aliphatic heterocycles. The van der Waals surface area contributed by atoms with Crippen molar-refractivity contribution in [1.82, 2.24) is 24.5 Å². The fourth-order valence-corrected chi connectivity index (χ4v) is 9.18. The van der Waals surface area contributed by atoms with Crippen LogP contribution in [0.5, 0.6) is 0 Å². The predicted molar refractivity (Wildman–Crippen MR) is 237 cm³/mol. The van der Waals surface area contributed by atoms with Gasteiger partial charge in [0, 0.05) is 66.6 Å². The first-order chi connectivity index (χ1) is 28.7. The maximum Gasteiger partial charge on any atom is 0.164 e. The molecule has 0 saturated carbocycles. The topological polar surface area (TPSA) is 80.3 Å². The SMILES string of the molecule is N#Cc1cccc(-c2nc(-c3ccccc3)nc(-c3ccc(-c4cc(-n5c6ccccc6c6ccc(-c7ccccc7)cc65)cc5c4sc4cnccc45)cc3)n2)c1. The van der Waals surface area contributed by atoms with E-state index in [1.807, 2.05) is 60.9 Å². The van der Waals surface area contributed by atoms with Crippen LogP contribution in [0.15, 0.2) is 182 Å². The first-order valence-corrected chi connectivity index (χ1v) is 19.8. The van der Waals surface area contributed by atoms with Crippen molar-refractivity contribution >= 4 is 53.3 Å². The fraction of sp³-hybridized carbons (Fsp3) is 0. The molecule has 4 aromatic heterocycles. The predicted octanol–water partition coefficient (Wildman–Crippen LogP) is 12.9. The summed E-state index contributed by atoms with van der Waals surface area (Å²) in [6, 6.07) is 60.9. The fourth-order valence-electron chi connectivity index (χ4n) is 8.00. The number of fused-ring (bicyclic) bond motifs is 6. The van der Waals surface area contributed by atoms with Gasteiger partial charge in [0.2, 0.25) is 0 Å². The number of pyridine rings is 1. The van der Waals surface area contributed by atoms with Crippen LogP contribution in [0.3, 0.4) is 0 Å². The Morgan fingerprint density at radius 3 is 1.88 bits per heavy atom. The van der Waals surface area contributed by atoms with Crippen molar-refractivity contribution in [3.05, 3.63) is 188 Å². The second-order valence-electron chi connectivity index (χ2n) is 14.2. The van der Waals surface area contributed by atoms with Crippen LogP contribution in [0, 0.1) is 11.3 Å². The van der Waals surface area contributed by atoms with Crippen LogP contribution < -0.4 is 0 Å². The Morgan fingerprint density at radius 1 is 0.466 bits per heavy atom. The normalized spacial score (nSPS) is 11.4. The van der Waals surface area contributed by atoms with E-state index in [0.29, 0.717) is 23.0 Å². The molecule has 0 spiro atoms. The standard InChI is InChI=1S/C51H30N6S/c52-30-32-10-9-15-38(26-32)51-55-49(35-13-5-2-6-14-35)54-50(56-51)36-20-18-34(19-21-36)43-28-39(29-44-42-24-25-53-31-47(42)58-48(43)44)57-45-17-8-7-16-40(45)41-23-22-37(27-46(41)57)33-11-3-1-4-12-33/h1-29,31H. The molecule has 0 radical (unpaired) electrons. The Bertz CT molecular complexity index is 3400. The van der Waals surface area contributed by atoms with Crippen molar-refractivity contribution in [1.29, 1.82) is 5.26 Å². The number of nitriles is 1. The lowest BCUT2D eigenvalue weighted by Gasteiger charge is -2.13. The maximum atomic E-state index is 9.61. The molecule has 58 heavy (non-hydrogen) atoms. The van der Waals surface area contributed by atoms with Gasteiger partial charge in [-0.25, -0.2) is 15.0 Å². The molecule has 0 fully saturated rings. The average molecular weight is 759 g/mol. The third-order valence-electron chi connectivity index (χ3n) is 10.8. The lowest BCUT2D eigenvalue weighted by atomic mass is 10.00. The minimum Gasteiger partial charge on any atom is -0.309 e. The Labute approximate surface area is 337 Å². The van der Waals surface area contributed by atoms with Crippen molar-refractivity contribution in [2.45, 2.75) is 0 Å². The Balaban J connectivity index is 1.10. The van der Waals surface area contributed by atoms with E-state index in [1.54, 1.807) is 17.4 Å². The molecule has 7 aromatic carbocycles. The number of nitrogens with zero attached hydrogens (tertiary/aromatic N) is 6. The van der Waals surface area contributed by atoms with Gasteiger partial charge in [0.15, 0.2) is 17.5 Å².